The molecule has 1 heterocycles. The number of nitrogens with zero attached hydrogens (tertiary/aromatic N) is 2. The molecule has 0 radical (unpaired) electrons. The summed E-state index contributed by atoms with van der Waals surface area (Å²) >= 11 is 0. The van der Waals surface area contributed by atoms with E-state index in [9.17, 15) is 15.2 Å². The van der Waals surface area contributed by atoms with Crippen LogP contribution in [0.4, 0.5) is 5.69 Å². The Kier molecular flexibility index (Phi) is 2.51. The Morgan fingerprint density at radius 1 is 1.12 bits per heavy atom. The fourth-order valence-corrected chi connectivity index (χ4v) is 1.39. The molecule has 0 saturated heterocycles. The topological polar surface area (TPSA) is 76.3 Å². The third-order valence-electron chi connectivity index (χ3n) is 2.19. The van der Waals surface area contributed by atoms with Crippen molar-refractivity contribution < 1.29 is 10.0 Å². The van der Waals surface area contributed by atoms with Crippen LogP contribution in [0, 0.1) is 10.1 Å². The van der Waals surface area contributed by atoms with Crippen molar-refractivity contribution in [2.24, 2.45) is 0 Å². The van der Waals surface area contributed by atoms with Gasteiger partial charge in [0.15, 0.2) is 5.75 Å². The first kappa shape index (κ1) is 10.1. The molecule has 0 aliphatic carbocycles. The molecular formula is C11H8N2O3. The number of aromatic nitrogens is 1. The Hall–Kier alpha value is -2.43. The Morgan fingerprint density at radius 2 is 1.81 bits per heavy atom. The summed E-state index contributed by atoms with van der Waals surface area (Å²) in [4.78, 5) is 13.9. The van der Waals surface area contributed by atoms with Crippen molar-refractivity contribution in [2.75, 3.05) is 0 Å². The van der Waals surface area contributed by atoms with Crippen LogP contribution < -0.4 is 0 Å². The Bertz CT molecular complexity index is 526. The lowest BCUT2D eigenvalue weighted by Crippen LogP contribution is -1.89. The van der Waals surface area contributed by atoms with Crippen molar-refractivity contribution in [2.45, 2.75) is 0 Å². The third kappa shape index (κ3) is 1.83. The maximum Gasteiger partial charge on any atom is 0.311 e. The second kappa shape index (κ2) is 3.98. The van der Waals surface area contributed by atoms with E-state index in [4.69, 9.17) is 0 Å². The predicted molar refractivity (Wildman–Crippen MR) is 58.0 cm³/mol. The SMILES string of the molecule is O=[N+]([O-])c1cc(-c2ccncc2)ccc1O. The molecule has 0 bridgehead atoms. The van der Waals surface area contributed by atoms with Crippen LogP contribution >= 0.6 is 0 Å². The van der Waals surface area contributed by atoms with Gasteiger partial charge in [0.2, 0.25) is 0 Å². The van der Waals surface area contributed by atoms with E-state index in [2.05, 4.69) is 4.98 Å². The van der Waals surface area contributed by atoms with Crippen molar-refractivity contribution in [1.29, 1.82) is 0 Å². The summed E-state index contributed by atoms with van der Waals surface area (Å²) in [6.07, 6.45) is 3.21. The van der Waals surface area contributed by atoms with Crippen LogP contribution in [0.3, 0.4) is 0 Å². The Balaban J connectivity index is 2.52. The number of phenols is 1. The lowest BCUT2D eigenvalue weighted by molar-refractivity contribution is -0.385. The van der Waals surface area contributed by atoms with Gasteiger partial charge in [-0.2, -0.15) is 0 Å². The number of nitro groups is 1. The lowest BCUT2D eigenvalue weighted by Gasteiger charge is -2.01. The second-order valence-electron chi connectivity index (χ2n) is 3.20. The quantitative estimate of drug-likeness (QED) is 0.617. The number of hydrogen-bond acceptors (Lipinski definition) is 4. The molecule has 2 rings (SSSR count). The first-order valence-corrected chi connectivity index (χ1v) is 4.56. The molecule has 0 aliphatic rings. The first-order valence-electron chi connectivity index (χ1n) is 4.56. The average molecular weight is 216 g/mol. The van der Waals surface area contributed by atoms with E-state index in [-0.39, 0.29) is 11.4 Å². The average Bonchev–Trinajstić information content (AvgIpc) is 2.30. The minimum absolute atomic E-state index is 0.297. The molecule has 16 heavy (non-hydrogen) atoms. The molecular weight excluding hydrogens is 208 g/mol. The molecule has 0 saturated carbocycles. The van der Waals surface area contributed by atoms with Gasteiger partial charge in [0.1, 0.15) is 0 Å². The highest BCUT2D eigenvalue weighted by atomic mass is 16.6. The number of hydrogen-bond donors (Lipinski definition) is 1. The van der Waals surface area contributed by atoms with Gasteiger partial charge >= 0.3 is 5.69 Å². The van der Waals surface area contributed by atoms with E-state index in [1.807, 2.05) is 0 Å². The molecule has 2 aromatic rings. The van der Waals surface area contributed by atoms with Gasteiger partial charge < -0.3 is 5.11 Å². The fourth-order valence-electron chi connectivity index (χ4n) is 1.39. The summed E-state index contributed by atoms with van der Waals surface area (Å²) < 4.78 is 0. The van der Waals surface area contributed by atoms with Crippen LogP contribution in [0.5, 0.6) is 5.75 Å². The third-order valence-corrected chi connectivity index (χ3v) is 2.19. The maximum atomic E-state index is 10.6. The largest absolute Gasteiger partial charge is 0.502 e. The molecule has 0 atom stereocenters. The highest BCUT2D eigenvalue weighted by Gasteiger charge is 2.13. The van der Waals surface area contributed by atoms with Gasteiger partial charge in [-0.05, 0) is 29.3 Å². The summed E-state index contributed by atoms with van der Waals surface area (Å²) in [7, 11) is 0. The molecule has 0 aliphatic heterocycles. The van der Waals surface area contributed by atoms with E-state index in [0.717, 1.165) is 5.56 Å². The molecule has 0 spiro atoms. The Morgan fingerprint density at radius 3 is 2.44 bits per heavy atom. The number of phenolic OH excluding ortho intramolecular Hbond substituents is 1. The molecule has 5 nitrogen and oxygen atoms in total. The minimum Gasteiger partial charge on any atom is -0.502 e. The molecule has 1 aromatic carbocycles. The van der Waals surface area contributed by atoms with E-state index in [1.54, 1.807) is 30.6 Å². The zero-order valence-corrected chi connectivity index (χ0v) is 8.20. The Labute approximate surface area is 91.2 Å². The van der Waals surface area contributed by atoms with Crippen molar-refractivity contribution in [3.8, 4) is 16.9 Å². The molecule has 0 fully saturated rings. The summed E-state index contributed by atoms with van der Waals surface area (Å²) in [5.41, 5.74) is 1.19. The smallest absolute Gasteiger partial charge is 0.311 e. The normalized spacial score (nSPS) is 10.0. The molecule has 1 N–H and O–H groups in total. The van der Waals surface area contributed by atoms with Crippen molar-refractivity contribution >= 4 is 5.69 Å². The van der Waals surface area contributed by atoms with Gasteiger partial charge in [-0.1, -0.05) is 6.07 Å². The highest BCUT2D eigenvalue weighted by molar-refractivity contribution is 5.68. The number of rotatable bonds is 2. The van der Waals surface area contributed by atoms with Crippen LogP contribution in [-0.4, -0.2) is 15.0 Å². The van der Waals surface area contributed by atoms with Crippen LogP contribution in [0.2, 0.25) is 0 Å². The van der Waals surface area contributed by atoms with Crippen molar-refractivity contribution in [3.05, 3.63) is 52.8 Å². The minimum atomic E-state index is -0.611. The van der Waals surface area contributed by atoms with E-state index in [1.165, 1.54) is 12.1 Å². The van der Waals surface area contributed by atoms with Gasteiger partial charge in [0.25, 0.3) is 0 Å². The second-order valence-corrected chi connectivity index (χ2v) is 3.20. The summed E-state index contributed by atoms with van der Waals surface area (Å²) in [6.45, 7) is 0. The fraction of sp³-hybridized carbons (Fsp3) is 0. The van der Waals surface area contributed by atoms with Crippen LogP contribution in [0.25, 0.3) is 11.1 Å². The standard InChI is InChI=1S/C11H8N2O3/c14-11-2-1-9(7-10(11)13(15)16)8-3-5-12-6-4-8/h1-7,14H. The van der Waals surface area contributed by atoms with Gasteiger partial charge in [0.05, 0.1) is 4.92 Å². The summed E-state index contributed by atoms with van der Waals surface area (Å²) in [5, 5.41) is 19.9. The molecule has 0 unspecified atom stereocenters. The van der Waals surface area contributed by atoms with Crippen LogP contribution in [0.15, 0.2) is 42.7 Å². The zero-order valence-electron chi connectivity index (χ0n) is 8.20. The van der Waals surface area contributed by atoms with E-state index >= 15 is 0 Å². The molecule has 5 heteroatoms. The highest BCUT2D eigenvalue weighted by Crippen LogP contribution is 2.30. The van der Waals surface area contributed by atoms with Gasteiger partial charge in [-0.3, -0.25) is 15.1 Å². The first-order chi connectivity index (χ1) is 7.68. The monoisotopic (exact) mass is 216 g/mol. The summed E-state index contributed by atoms with van der Waals surface area (Å²) in [6, 6.07) is 7.77. The van der Waals surface area contributed by atoms with Crippen LogP contribution in [0.1, 0.15) is 0 Å². The van der Waals surface area contributed by atoms with Gasteiger partial charge in [0, 0.05) is 18.5 Å². The molecule has 1 aromatic heterocycles. The van der Waals surface area contributed by atoms with Crippen molar-refractivity contribution in [3.63, 3.8) is 0 Å². The van der Waals surface area contributed by atoms with Crippen molar-refractivity contribution in [1.82, 2.24) is 4.98 Å². The number of benzene rings is 1. The number of nitro benzene ring substituents is 1. The zero-order chi connectivity index (χ0) is 11.5. The summed E-state index contributed by atoms with van der Waals surface area (Å²) in [5.74, 6) is -0.331. The number of aromatic hydroxyl groups is 1. The van der Waals surface area contributed by atoms with E-state index in [0.29, 0.717) is 5.56 Å². The van der Waals surface area contributed by atoms with E-state index < -0.39 is 4.92 Å². The van der Waals surface area contributed by atoms with Crippen LogP contribution in [-0.2, 0) is 0 Å². The van der Waals surface area contributed by atoms with Gasteiger partial charge in [-0.15, -0.1) is 0 Å². The lowest BCUT2D eigenvalue weighted by atomic mass is 10.1. The van der Waals surface area contributed by atoms with Gasteiger partial charge in [-0.25, -0.2) is 0 Å². The number of pyridine rings is 1. The maximum absolute atomic E-state index is 10.6. The molecule has 0 amide bonds. The molecule has 80 valence electrons. The predicted octanol–water partition coefficient (Wildman–Crippen LogP) is 2.36.